The Morgan fingerprint density at radius 1 is 1.48 bits per heavy atom. The highest BCUT2D eigenvalue weighted by molar-refractivity contribution is 6.32. The maximum atomic E-state index is 12.6. The minimum Gasteiger partial charge on any atom is -0.493 e. The Morgan fingerprint density at radius 3 is 2.80 bits per heavy atom. The van der Waals surface area contributed by atoms with Crippen LogP contribution in [0, 0.1) is 0 Å². The van der Waals surface area contributed by atoms with Crippen molar-refractivity contribution in [1.29, 1.82) is 0 Å². The van der Waals surface area contributed by atoms with E-state index in [0.29, 0.717) is 5.56 Å². The number of hydrogen-bond acceptors (Lipinski definition) is 5. The van der Waals surface area contributed by atoms with Crippen molar-refractivity contribution in [2.45, 2.75) is 38.3 Å². The highest BCUT2D eigenvalue weighted by Gasteiger charge is 2.27. The fraction of sp³-hybridized carbons (Fsp3) is 0.529. The maximum absolute atomic E-state index is 12.6. The lowest BCUT2D eigenvalue weighted by Gasteiger charge is -2.23. The third-order valence-electron chi connectivity index (χ3n) is 4.02. The van der Waals surface area contributed by atoms with Gasteiger partial charge in [-0.2, -0.15) is 0 Å². The average molecular weight is 371 g/mol. The largest absolute Gasteiger partial charge is 0.493 e. The second-order valence-corrected chi connectivity index (χ2v) is 6.19. The summed E-state index contributed by atoms with van der Waals surface area (Å²) in [4.78, 5) is 23.4. The summed E-state index contributed by atoms with van der Waals surface area (Å²) in [6, 6.07) is 2.92. The minimum absolute atomic E-state index is 0.0319. The first-order chi connectivity index (χ1) is 12.0. The predicted octanol–water partition coefficient (Wildman–Crippen LogP) is 1.90. The molecule has 2 unspecified atom stereocenters. The van der Waals surface area contributed by atoms with Crippen molar-refractivity contribution in [2.24, 2.45) is 5.73 Å². The van der Waals surface area contributed by atoms with Gasteiger partial charge in [-0.15, -0.1) is 0 Å². The molecule has 2 amide bonds. The minimum atomic E-state index is -0.637. The van der Waals surface area contributed by atoms with Crippen molar-refractivity contribution in [3.8, 4) is 11.5 Å². The Balaban J connectivity index is 2.15. The van der Waals surface area contributed by atoms with E-state index < -0.39 is 5.91 Å². The van der Waals surface area contributed by atoms with Crippen molar-refractivity contribution in [3.05, 3.63) is 22.7 Å². The van der Waals surface area contributed by atoms with E-state index in [9.17, 15) is 9.59 Å². The van der Waals surface area contributed by atoms with Gasteiger partial charge >= 0.3 is 0 Å². The summed E-state index contributed by atoms with van der Waals surface area (Å²) in [5, 5.41) is 3.14. The summed E-state index contributed by atoms with van der Waals surface area (Å²) in [5.41, 5.74) is 5.40. The molecule has 1 heterocycles. The van der Waals surface area contributed by atoms with Crippen LogP contribution in [0.2, 0.25) is 5.02 Å². The normalized spacial score (nSPS) is 17.8. The van der Waals surface area contributed by atoms with Gasteiger partial charge in [-0.25, -0.2) is 0 Å². The van der Waals surface area contributed by atoms with Gasteiger partial charge in [-0.05, 0) is 31.4 Å². The molecule has 8 heteroatoms. The quantitative estimate of drug-likeness (QED) is 0.728. The molecule has 2 atom stereocenters. The second-order valence-electron chi connectivity index (χ2n) is 5.78. The van der Waals surface area contributed by atoms with Gasteiger partial charge in [0, 0.05) is 12.2 Å². The van der Waals surface area contributed by atoms with E-state index in [-0.39, 0.29) is 41.2 Å². The van der Waals surface area contributed by atoms with E-state index in [0.717, 1.165) is 25.9 Å². The molecule has 0 spiro atoms. The standard InChI is InChI=1S/C17H23ClN2O5/c1-3-12(13-5-4-6-24-13)20-17(22)10-7-11(18)16(14(8-10)23-2)25-9-15(19)21/h7-8,12-13H,3-6,9H2,1-2H3,(H2,19,21)(H,20,22). The van der Waals surface area contributed by atoms with E-state index >= 15 is 0 Å². The molecule has 7 nitrogen and oxygen atoms in total. The average Bonchev–Trinajstić information content (AvgIpc) is 3.11. The molecule has 0 saturated carbocycles. The highest BCUT2D eigenvalue weighted by Crippen LogP contribution is 2.36. The molecule has 1 aliphatic rings. The number of methoxy groups -OCH3 is 1. The molecular weight excluding hydrogens is 348 g/mol. The van der Waals surface area contributed by atoms with Crippen LogP contribution in [0.1, 0.15) is 36.5 Å². The molecule has 0 aliphatic carbocycles. The third-order valence-corrected chi connectivity index (χ3v) is 4.30. The topological polar surface area (TPSA) is 99.9 Å². The molecule has 1 aromatic rings. The van der Waals surface area contributed by atoms with Crippen LogP contribution in [0.5, 0.6) is 11.5 Å². The summed E-state index contributed by atoms with van der Waals surface area (Å²) in [5.74, 6) is -0.485. The van der Waals surface area contributed by atoms with Gasteiger partial charge in [0.25, 0.3) is 11.8 Å². The number of nitrogens with one attached hydrogen (secondary N) is 1. The van der Waals surface area contributed by atoms with Gasteiger partial charge in [0.1, 0.15) is 0 Å². The van der Waals surface area contributed by atoms with Gasteiger partial charge in [0.2, 0.25) is 0 Å². The van der Waals surface area contributed by atoms with E-state index in [1.807, 2.05) is 6.92 Å². The number of benzene rings is 1. The first-order valence-corrected chi connectivity index (χ1v) is 8.55. The van der Waals surface area contributed by atoms with Crippen LogP contribution < -0.4 is 20.5 Å². The number of amides is 2. The first-order valence-electron chi connectivity index (χ1n) is 8.17. The van der Waals surface area contributed by atoms with Crippen molar-refractivity contribution < 1.29 is 23.8 Å². The monoisotopic (exact) mass is 370 g/mol. The molecule has 0 aromatic heterocycles. The fourth-order valence-electron chi connectivity index (χ4n) is 2.76. The zero-order chi connectivity index (χ0) is 18.4. The van der Waals surface area contributed by atoms with E-state index in [2.05, 4.69) is 5.32 Å². The molecule has 25 heavy (non-hydrogen) atoms. The van der Waals surface area contributed by atoms with Gasteiger partial charge in [0.05, 0.1) is 24.3 Å². The lowest BCUT2D eigenvalue weighted by molar-refractivity contribution is -0.119. The molecule has 1 aliphatic heterocycles. The van der Waals surface area contributed by atoms with Gasteiger partial charge < -0.3 is 25.3 Å². The molecule has 1 fully saturated rings. The van der Waals surface area contributed by atoms with Crippen LogP contribution in [0.25, 0.3) is 0 Å². The summed E-state index contributed by atoms with van der Waals surface area (Å²) >= 11 is 6.18. The van der Waals surface area contributed by atoms with Crippen molar-refractivity contribution in [1.82, 2.24) is 5.32 Å². The van der Waals surface area contributed by atoms with E-state index in [4.69, 9.17) is 31.5 Å². The van der Waals surface area contributed by atoms with Crippen LogP contribution in [0.4, 0.5) is 0 Å². The number of carbonyl (C=O) groups is 2. The number of rotatable bonds is 8. The van der Waals surface area contributed by atoms with E-state index in [1.165, 1.54) is 19.2 Å². The van der Waals surface area contributed by atoms with Gasteiger partial charge in [-0.3, -0.25) is 9.59 Å². The van der Waals surface area contributed by atoms with Crippen molar-refractivity contribution in [2.75, 3.05) is 20.3 Å². The Morgan fingerprint density at radius 2 is 2.24 bits per heavy atom. The highest BCUT2D eigenvalue weighted by atomic mass is 35.5. The molecule has 138 valence electrons. The molecule has 1 aromatic carbocycles. The second kappa shape index (κ2) is 8.92. The fourth-order valence-corrected chi connectivity index (χ4v) is 3.03. The summed E-state index contributed by atoms with van der Waals surface area (Å²) < 4.78 is 16.1. The Bertz CT molecular complexity index is 632. The van der Waals surface area contributed by atoms with Crippen molar-refractivity contribution >= 4 is 23.4 Å². The predicted molar refractivity (Wildman–Crippen MR) is 93.2 cm³/mol. The van der Waals surface area contributed by atoms with Crippen LogP contribution in [0.15, 0.2) is 12.1 Å². The first kappa shape index (κ1) is 19.3. The summed E-state index contributed by atoms with van der Waals surface area (Å²) in [6.07, 6.45) is 2.73. The zero-order valence-corrected chi connectivity index (χ0v) is 15.1. The third kappa shape index (κ3) is 4.99. The zero-order valence-electron chi connectivity index (χ0n) is 14.3. The number of primary amides is 1. The van der Waals surface area contributed by atoms with Gasteiger partial charge in [0.15, 0.2) is 18.1 Å². The van der Waals surface area contributed by atoms with E-state index in [1.54, 1.807) is 0 Å². The molecule has 1 saturated heterocycles. The molecular formula is C17H23ClN2O5. The number of ether oxygens (including phenoxy) is 3. The van der Waals surface area contributed by atoms with Gasteiger partial charge in [-0.1, -0.05) is 18.5 Å². The van der Waals surface area contributed by atoms with Crippen LogP contribution in [0.3, 0.4) is 0 Å². The van der Waals surface area contributed by atoms with Crippen LogP contribution in [-0.2, 0) is 9.53 Å². The molecule has 2 rings (SSSR count). The Labute approximate surface area is 151 Å². The Hall–Kier alpha value is -1.99. The van der Waals surface area contributed by atoms with Crippen LogP contribution >= 0.6 is 11.6 Å². The smallest absolute Gasteiger partial charge is 0.255 e. The number of nitrogens with two attached hydrogens (primary N) is 1. The SMILES string of the molecule is CCC(NC(=O)c1cc(Cl)c(OCC(N)=O)c(OC)c1)C1CCCO1. The summed E-state index contributed by atoms with van der Waals surface area (Å²) in [7, 11) is 1.42. The summed E-state index contributed by atoms with van der Waals surface area (Å²) in [6.45, 7) is 2.39. The Kier molecular flexibility index (Phi) is 6.90. The van der Waals surface area contributed by atoms with Crippen molar-refractivity contribution in [3.63, 3.8) is 0 Å². The number of carbonyl (C=O) groups excluding carboxylic acids is 2. The molecule has 3 N–H and O–H groups in total. The number of hydrogen-bond donors (Lipinski definition) is 2. The van der Waals surface area contributed by atoms with Crippen LogP contribution in [-0.4, -0.2) is 44.3 Å². The molecule has 0 bridgehead atoms. The maximum Gasteiger partial charge on any atom is 0.255 e. The lowest BCUT2D eigenvalue weighted by atomic mass is 10.0. The lowest BCUT2D eigenvalue weighted by Crippen LogP contribution is -2.42. The molecule has 0 radical (unpaired) electrons. The number of halogens is 1.